The fraction of sp³-hybridized carbons (Fsp3) is 0.423. The van der Waals surface area contributed by atoms with Crippen molar-refractivity contribution in [3.8, 4) is 5.75 Å². The van der Waals surface area contributed by atoms with Gasteiger partial charge < -0.3 is 15.0 Å². The van der Waals surface area contributed by atoms with E-state index < -0.39 is 0 Å². The minimum atomic E-state index is -0.307. The monoisotopic (exact) mass is 437 g/mol. The highest BCUT2D eigenvalue weighted by Gasteiger charge is 2.28. The number of aryl methyl sites for hydroxylation is 1. The topological polar surface area (TPSA) is 44.8 Å². The number of carbonyl (C=O) groups is 1. The second kappa shape index (κ2) is 9.84. The van der Waals surface area contributed by atoms with Crippen molar-refractivity contribution in [1.82, 2.24) is 15.1 Å². The van der Waals surface area contributed by atoms with Gasteiger partial charge in [0.05, 0.1) is 0 Å². The Balaban J connectivity index is 1.54. The lowest BCUT2D eigenvalue weighted by Crippen LogP contribution is -2.54. The zero-order valence-electron chi connectivity index (χ0n) is 18.9. The van der Waals surface area contributed by atoms with Crippen molar-refractivity contribution < 1.29 is 13.9 Å². The number of nitrogens with one attached hydrogen (secondary N) is 1. The van der Waals surface area contributed by atoms with E-state index in [1.807, 2.05) is 30.0 Å². The Bertz CT molecular complexity index is 993. The first-order valence-corrected chi connectivity index (χ1v) is 11.3. The van der Waals surface area contributed by atoms with Crippen LogP contribution in [0.4, 0.5) is 4.39 Å². The van der Waals surface area contributed by atoms with Crippen LogP contribution in [0.3, 0.4) is 0 Å². The minimum absolute atomic E-state index is 0.0332. The summed E-state index contributed by atoms with van der Waals surface area (Å²) in [7, 11) is 0. The van der Waals surface area contributed by atoms with Gasteiger partial charge in [-0.05, 0) is 73.3 Å². The number of piperazine rings is 1. The lowest BCUT2D eigenvalue weighted by Gasteiger charge is -2.40. The van der Waals surface area contributed by atoms with Crippen LogP contribution in [0, 0.1) is 12.7 Å². The van der Waals surface area contributed by atoms with Crippen LogP contribution in [-0.2, 0) is 17.8 Å². The van der Waals surface area contributed by atoms with Gasteiger partial charge in [0.25, 0.3) is 0 Å². The largest absolute Gasteiger partial charge is 0.484 e. The van der Waals surface area contributed by atoms with E-state index in [9.17, 15) is 9.18 Å². The number of carbonyl (C=O) groups excluding carboxylic acids is 1. The van der Waals surface area contributed by atoms with E-state index in [0.29, 0.717) is 18.7 Å². The Morgan fingerprint density at radius 1 is 1.28 bits per heavy atom. The molecule has 2 aliphatic heterocycles. The molecule has 4 rings (SSSR count). The van der Waals surface area contributed by atoms with Crippen LogP contribution in [0.2, 0.25) is 0 Å². The number of nitrogens with zero attached hydrogens (tertiary/aromatic N) is 2. The van der Waals surface area contributed by atoms with Crippen molar-refractivity contribution in [3.63, 3.8) is 0 Å². The molecule has 2 atom stereocenters. The first-order valence-electron chi connectivity index (χ1n) is 11.3. The SMILES string of the molecule is C=CC(=O)N1CCN(C[C@H](Oc2ccc3c(c2)CCNC3)c2ccc(C)c(F)c2)C[C@H]1C. The van der Waals surface area contributed by atoms with Gasteiger partial charge >= 0.3 is 0 Å². The molecule has 5 nitrogen and oxygen atoms in total. The van der Waals surface area contributed by atoms with E-state index in [1.165, 1.54) is 17.2 Å². The molecule has 2 aliphatic rings. The molecule has 32 heavy (non-hydrogen) atoms. The number of fused-ring (bicyclic) bond motifs is 1. The predicted octanol–water partition coefficient (Wildman–Crippen LogP) is 3.62. The lowest BCUT2D eigenvalue weighted by molar-refractivity contribution is -0.130. The number of hydrogen-bond acceptors (Lipinski definition) is 4. The Labute approximate surface area is 189 Å². The van der Waals surface area contributed by atoms with E-state index in [-0.39, 0.29) is 23.9 Å². The van der Waals surface area contributed by atoms with E-state index >= 15 is 0 Å². The molecule has 0 aromatic heterocycles. The van der Waals surface area contributed by atoms with Gasteiger partial charge in [-0.3, -0.25) is 9.69 Å². The summed E-state index contributed by atoms with van der Waals surface area (Å²) in [4.78, 5) is 16.2. The first kappa shape index (κ1) is 22.5. The molecule has 170 valence electrons. The van der Waals surface area contributed by atoms with Gasteiger partial charge in [-0.15, -0.1) is 0 Å². The Kier molecular flexibility index (Phi) is 6.92. The van der Waals surface area contributed by atoms with Crippen LogP contribution in [-0.4, -0.2) is 54.5 Å². The Hall–Kier alpha value is -2.70. The zero-order chi connectivity index (χ0) is 22.7. The molecule has 2 aromatic rings. The predicted molar refractivity (Wildman–Crippen MR) is 124 cm³/mol. The molecular weight excluding hydrogens is 405 g/mol. The Morgan fingerprint density at radius 2 is 2.12 bits per heavy atom. The van der Waals surface area contributed by atoms with Crippen molar-refractivity contribution in [1.29, 1.82) is 0 Å². The second-order valence-corrected chi connectivity index (χ2v) is 8.82. The van der Waals surface area contributed by atoms with E-state index in [2.05, 4.69) is 28.9 Å². The molecular formula is C26H32FN3O2. The molecule has 0 spiro atoms. The second-order valence-electron chi connectivity index (χ2n) is 8.82. The maximum atomic E-state index is 14.4. The average Bonchev–Trinajstić information content (AvgIpc) is 2.80. The maximum absolute atomic E-state index is 14.4. The molecule has 0 bridgehead atoms. The molecule has 1 saturated heterocycles. The smallest absolute Gasteiger partial charge is 0.246 e. The van der Waals surface area contributed by atoms with Crippen molar-refractivity contribution in [3.05, 3.63) is 77.1 Å². The molecule has 1 N–H and O–H groups in total. The summed E-state index contributed by atoms with van der Waals surface area (Å²) in [6.07, 6.45) is 2.05. The maximum Gasteiger partial charge on any atom is 0.246 e. The Morgan fingerprint density at radius 3 is 2.88 bits per heavy atom. The van der Waals surface area contributed by atoms with Gasteiger partial charge in [0.2, 0.25) is 5.91 Å². The summed E-state index contributed by atoms with van der Waals surface area (Å²) in [6.45, 7) is 12.0. The number of halogens is 1. The normalized spacial score (nSPS) is 19.8. The highest BCUT2D eigenvalue weighted by atomic mass is 19.1. The number of amides is 1. The molecule has 1 fully saturated rings. The van der Waals surface area contributed by atoms with Gasteiger partial charge in [-0.2, -0.15) is 0 Å². The van der Waals surface area contributed by atoms with Gasteiger partial charge in [0.15, 0.2) is 0 Å². The van der Waals surface area contributed by atoms with E-state index in [4.69, 9.17) is 4.74 Å². The molecule has 6 heteroatoms. The minimum Gasteiger partial charge on any atom is -0.484 e. The van der Waals surface area contributed by atoms with Crippen LogP contribution in [0.15, 0.2) is 49.1 Å². The summed E-state index contributed by atoms with van der Waals surface area (Å²) < 4.78 is 20.9. The van der Waals surface area contributed by atoms with Gasteiger partial charge in [-0.1, -0.05) is 24.8 Å². The molecule has 0 unspecified atom stereocenters. The first-order chi connectivity index (χ1) is 15.4. The third kappa shape index (κ3) is 5.03. The van der Waals surface area contributed by atoms with Gasteiger partial charge in [0.1, 0.15) is 17.7 Å². The van der Waals surface area contributed by atoms with E-state index in [1.54, 1.807) is 13.0 Å². The van der Waals surface area contributed by atoms with Crippen molar-refractivity contribution in [2.45, 2.75) is 39.0 Å². The van der Waals surface area contributed by atoms with Crippen molar-refractivity contribution >= 4 is 5.91 Å². The molecule has 0 saturated carbocycles. The van der Waals surface area contributed by atoms with Crippen LogP contribution >= 0.6 is 0 Å². The van der Waals surface area contributed by atoms with Crippen LogP contribution in [0.5, 0.6) is 5.75 Å². The van der Waals surface area contributed by atoms with Crippen LogP contribution in [0.1, 0.15) is 35.3 Å². The number of ether oxygens (including phenoxy) is 1. The third-order valence-corrected chi connectivity index (χ3v) is 6.50. The van der Waals surface area contributed by atoms with Crippen LogP contribution in [0.25, 0.3) is 0 Å². The highest BCUT2D eigenvalue weighted by Crippen LogP contribution is 2.28. The molecule has 0 radical (unpaired) electrons. The summed E-state index contributed by atoms with van der Waals surface area (Å²) in [5, 5.41) is 3.39. The molecule has 2 aromatic carbocycles. The van der Waals surface area contributed by atoms with Gasteiger partial charge in [0, 0.05) is 38.8 Å². The summed E-state index contributed by atoms with van der Waals surface area (Å²) in [6, 6.07) is 11.7. The fourth-order valence-corrected chi connectivity index (χ4v) is 4.59. The number of hydrogen-bond donors (Lipinski definition) is 1. The summed E-state index contributed by atoms with van der Waals surface area (Å²) in [5.74, 6) is 0.557. The molecule has 0 aliphatic carbocycles. The molecule has 1 amide bonds. The highest BCUT2D eigenvalue weighted by molar-refractivity contribution is 5.87. The zero-order valence-corrected chi connectivity index (χ0v) is 18.9. The molecule has 2 heterocycles. The average molecular weight is 438 g/mol. The van der Waals surface area contributed by atoms with Crippen molar-refractivity contribution in [2.75, 3.05) is 32.7 Å². The fourth-order valence-electron chi connectivity index (χ4n) is 4.59. The third-order valence-electron chi connectivity index (χ3n) is 6.50. The summed E-state index contributed by atoms with van der Waals surface area (Å²) in [5.41, 5.74) is 4.06. The summed E-state index contributed by atoms with van der Waals surface area (Å²) >= 11 is 0. The van der Waals surface area contributed by atoms with Crippen LogP contribution < -0.4 is 10.1 Å². The quantitative estimate of drug-likeness (QED) is 0.702. The van der Waals surface area contributed by atoms with E-state index in [0.717, 1.165) is 43.9 Å². The van der Waals surface area contributed by atoms with Crippen molar-refractivity contribution in [2.24, 2.45) is 0 Å². The standard InChI is InChI=1S/C26H32FN3O2/c1-4-26(31)30-12-11-29(16-19(30)3)17-25(21-6-5-18(2)24(27)14-21)32-23-8-7-22-15-28-10-9-20(22)13-23/h4-8,13-14,19,25,28H,1,9-12,15-17H2,2-3H3/t19-,25+/m1/s1. The number of rotatable bonds is 6. The number of benzene rings is 2. The lowest BCUT2D eigenvalue weighted by atomic mass is 10.0. The van der Waals surface area contributed by atoms with Gasteiger partial charge in [-0.25, -0.2) is 4.39 Å².